The summed E-state index contributed by atoms with van der Waals surface area (Å²) in [5.41, 5.74) is 11.0. The fourth-order valence-corrected chi connectivity index (χ4v) is 1.32. The minimum atomic E-state index is 0.224. The van der Waals surface area contributed by atoms with Gasteiger partial charge in [-0.2, -0.15) is 9.97 Å². The molecule has 5 nitrogen and oxygen atoms in total. The summed E-state index contributed by atoms with van der Waals surface area (Å²) in [6.45, 7) is 0. The fourth-order valence-electron chi connectivity index (χ4n) is 1.32. The molecule has 0 spiro atoms. The molecule has 70 valence electrons. The number of nitrogen functional groups attached to an aromatic ring is 2. The van der Waals surface area contributed by atoms with Gasteiger partial charge in [0.2, 0.25) is 5.95 Å². The molecule has 5 heteroatoms. The second-order valence-corrected chi connectivity index (χ2v) is 3.31. The normalized spacial score (nSPS) is 16.6. The third kappa shape index (κ3) is 1.80. The SMILES string of the molecule is Nc1cc(NC2CCC2)nc(N)n1. The van der Waals surface area contributed by atoms with Crippen molar-refractivity contribution in [3.05, 3.63) is 6.07 Å². The first-order valence-corrected chi connectivity index (χ1v) is 4.40. The number of rotatable bonds is 2. The predicted molar refractivity (Wildman–Crippen MR) is 52.1 cm³/mol. The summed E-state index contributed by atoms with van der Waals surface area (Å²) < 4.78 is 0. The topological polar surface area (TPSA) is 89.8 Å². The summed E-state index contributed by atoms with van der Waals surface area (Å²) in [6.07, 6.45) is 3.68. The van der Waals surface area contributed by atoms with Crippen LogP contribution < -0.4 is 16.8 Å². The highest BCUT2D eigenvalue weighted by Crippen LogP contribution is 2.22. The van der Waals surface area contributed by atoms with Crippen LogP contribution in [0.3, 0.4) is 0 Å². The van der Waals surface area contributed by atoms with Crippen molar-refractivity contribution in [2.45, 2.75) is 25.3 Å². The average Bonchev–Trinajstić information content (AvgIpc) is 1.95. The van der Waals surface area contributed by atoms with Gasteiger partial charge >= 0.3 is 0 Å². The molecule has 1 aromatic rings. The minimum absolute atomic E-state index is 0.224. The van der Waals surface area contributed by atoms with E-state index in [1.807, 2.05) is 0 Å². The molecule has 1 heterocycles. The zero-order chi connectivity index (χ0) is 9.26. The van der Waals surface area contributed by atoms with E-state index < -0.39 is 0 Å². The average molecular weight is 179 g/mol. The lowest BCUT2D eigenvalue weighted by molar-refractivity contribution is 0.444. The molecule has 13 heavy (non-hydrogen) atoms. The first kappa shape index (κ1) is 8.10. The van der Waals surface area contributed by atoms with E-state index in [9.17, 15) is 0 Å². The number of nitrogens with one attached hydrogen (secondary N) is 1. The molecule has 1 fully saturated rings. The first-order valence-electron chi connectivity index (χ1n) is 4.40. The van der Waals surface area contributed by atoms with Crippen LogP contribution in [0.15, 0.2) is 6.07 Å². The molecule has 5 N–H and O–H groups in total. The van der Waals surface area contributed by atoms with E-state index in [4.69, 9.17) is 11.5 Å². The van der Waals surface area contributed by atoms with Gasteiger partial charge in [-0.25, -0.2) is 0 Å². The predicted octanol–water partition coefficient (Wildman–Crippen LogP) is 0.605. The minimum Gasteiger partial charge on any atom is -0.383 e. The monoisotopic (exact) mass is 179 g/mol. The number of nitrogens with zero attached hydrogens (tertiary/aromatic N) is 2. The Labute approximate surface area is 76.6 Å². The van der Waals surface area contributed by atoms with E-state index in [0.29, 0.717) is 11.9 Å². The maximum Gasteiger partial charge on any atom is 0.223 e. The summed E-state index contributed by atoms with van der Waals surface area (Å²) in [5, 5.41) is 3.25. The van der Waals surface area contributed by atoms with Crippen LogP contribution in [0.4, 0.5) is 17.6 Å². The van der Waals surface area contributed by atoms with Gasteiger partial charge in [-0.05, 0) is 19.3 Å². The Balaban J connectivity index is 2.10. The van der Waals surface area contributed by atoms with E-state index in [1.54, 1.807) is 6.07 Å². The Morgan fingerprint density at radius 2 is 2.08 bits per heavy atom. The van der Waals surface area contributed by atoms with Crippen LogP contribution in [-0.2, 0) is 0 Å². The van der Waals surface area contributed by atoms with Gasteiger partial charge in [0, 0.05) is 12.1 Å². The van der Waals surface area contributed by atoms with E-state index in [-0.39, 0.29) is 5.95 Å². The largest absolute Gasteiger partial charge is 0.383 e. The van der Waals surface area contributed by atoms with E-state index in [0.717, 1.165) is 5.82 Å². The van der Waals surface area contributed by atoms with E-state index in [1.165, 1.54) is 19.3 Å². The molecular weight excluding hydrogens is 166 g/mol. The van der Waals surface area contributed by atoms with Crippen LogP contribution in [0, 0.1) is 0 Å². The molecule has 0 atom stereocenters. The number of nitrogens with two attached hydrogens (primary N) is 2. The molecule has 0 radical (unpaired) electrons. The summed E-state index contributed by atoms with van der Waals surface area (Å²) >= 11 is 0. The van der Waals surface area contributed by atoms with Crippen LogP contribution in [0.1, 0.15) is 19.3 Å². The maximum atomic E-state index is 5.52. The molecule has 0 aliphatic heterocycles. The zero-order valence-corrected chi connectivity index (χ0v) is 7.33. The van der Waals surface area contributed by atoms with Crippen LogP contribution in [-0.4, -0.2) is 16.0 Å². The number of aromatic nitrogens is 2. The maximum absolute atomic E-state index is 5.52. The molecule has 0 amide bonds. The van der Waals surface area contributed by atoms with Crippen LogP contribution in [0.25, 0.3) is 0 Å². The lowest BCUT2D eigenvalue weighted by Crippen LogP contribution is -2.27. The summed E-state index contributed by atoms with van der Waals surface area (Å²) in [7, 11) is 0. The Kier molecular flexibility index (Phi) is 1.92. The van der Waals surface area contributed by atoms with Gasteiger partial charge in [-0.3, -0.25) is 0 Å². The summed E-state index contributed by atoms with van der Waals surface area (Å²) in [5.74, 6) is 1.37. The first-order chi connectivity index (χ1) is 6.24. The lowest BCUT2D eigenvalue weighted by atomic mass is 9.93. The van der Waals surface area contributed by atoms with Crippen LogP contribution in [0.5, 0.6) is 0 Å². The molecule has 1 aliphatic rings. The Hall–Kier alpha value is -1.52. The van der Waals surface area contributed by atoms with Crippen molar-refractivity contribution in [3.63, 3.8) is 0 Å². The van der Waals surface area contributed by atoms with E-state index >= 15 is 0 Å². The lowest BCUT2D eigenvalue weighted by Gasteiger charge is -2.26. The third-order valence-corrected chi connectivity index (χ3v) is 2.22. The van der Waals surface area contributed by atoms with Crippen molar-refractivity contribution in [2.24, 2.45) is 0 Å². The zero-order valence-electron chi connectivity index (χ0n) is 7.33. The highest BCUT2D eigenvalue weighted by Gasteiger charge is 2.17. The van der Waals surface area contributed by atoms with Crippen LogP contribution >= 0.6 is 0 Å². The van der Waals surface area contributed by atoms with Crippen molar-refractivity contribution in [1.29, 1.82) is 0 Å². The van der Waals surface area contributed by atoms with Gasteiger partial charge in [0.15, 0.2) is 0 Å². The second-order valence-electron chi connectivity index (χ2n) is 3.31. The van der Waals surface area contributed by atoms with Crippen molar-refractivity contribution >= 4 is 17.6 Å². The molecule has 0 saturated heterocycles. The Morgan fingerprint density at radius 3 is 2.62 bits per heavy atom. The number of hydrogen-bond acceptors (Lipinski definition) is 5. The molecule has 1 aromatic heterocycles. The highest BCUT2D eigenvalue weighted by molar-refractivity contribution is 5.49. The molecule has 0 bridgehead atoms. The second kappa shape index (κ2) is 3.08. The molecule has 1 aliphatic carbocycles. The number of hydrogen-bond donors (Lipinski definition) is 3. The van der Waals surface area contributed by atoms with Crippen molar-refractivity contribution in [1.82, 2.24) is 9.97 Å². The molecule has 0 unspecified atom stereocenters. The standard InChI is InChI=1S/C8H13N5/c9-6-4-7(13-8(10)12-6)11-5-2-1-3-5/h4-5H,1-3H2,(H5,9,10,11,12,13). The van der Waals surface area contributed by atoms with E-state index in [2.05, 4.69) is 15.3 Å². The van der Waals surface area contributed by atoms with Crippen LogP contribution in [0.2, 0.25) is 0 Å². The van der Waals surface area contributed by atoms with Crippen molar-refractivity contribution in [3.8, 4) is 0 Å². The molecule has 2 rings (SSSR count). The highest BCUT2D eigenvalue weighted by atomic mass is 15.1. The van der Waals surface area contributed by atoms with Gasteiger partial charge in [0.05, 0.1) is 0 Å². The number of anilines is 3. The molecular formula is C8H13N5. The van der Waals surface area contributed by atoms with Gasteiger partial charge in [-0.15, -0.1) is 0 Å². The van der Waals surface area contributed by atoms with Gasteiger partial charge < -0.3 is 16.8 Å². The molecule has 1 saturated carbocycles. The molecule has 0 aromatic carbocycles. The van der Waals surface area contributed by atoms with Gasteiger partial charge in [0.25, 0.3) is 0 Å². The Bertz CT molecular complexity index is 287. The smallest absolute Gasteiger partial charge is 0.223 e. The van der Waals surface area contributed by atoms with Crippen molar-refractivity contribution < 1.29 is 0 Å². The van der Waals surface area contributed by atoms with Gasteiger partial charge in [-0.1, -0.05) is 0 Å². The van der Waals surface area contributed by atoms with Gasteiger partial charge in [0.1, 0.15) is 11.6 Å². The fraction of sp³-hybridized carbons (Fsp3) is 0.500. The third-order valence-electron chi connectivity index (χ3n) is 2.22. The Morgan fingerprint density at radius 1 is 1.31 bits per heavy atom. The quantitative estimate of drug-likeness (QED) is 0.618. The summed E-state index contributed by atoms with van der Waals surface area (Å²) in [4.78, 5) is 7.82. The summed E-state index contributed by atoms with van der Waals surface area (Å²) in [6, 6.07) is 2.24. The van der Waals surface area contributed by atoms with Crippen molar-refractivity contribution in [2.75, 3.05) is 16.8 Å².